The van der Waals surface area contributed by atoms with Gasteiger partial charge in [-0.3, -0.25) is 0 Å². The van der Waals surface area contributed by atoms with E-state index in [1.807, 2.05) is 4.57 Å². The van der Waals surface area contributed by atoms with Crippen molar-refractivity contribution in [1.82, 2.24) is 34.4 Å². The fourth-order valence-electron chi connectivity index (χ4n) is 2.43. The van der Waals surface area contributed by atoms with Crippen LogP contribution < -0.4 is 5.32 Å². The molecule has 0 saturated heterocycles. The Morgan fingerprint density at radius 3 is 2.88 bits per heavy atom. The van der Waals surface area contributed by atoms with Gasteiger partial charge in [0.2, 0.25) is 0 Å². The lowest BCUT2D eigenvalue weighted by atomic mass is 10.3. The van der Waals surface area contributed by atoms with Crippen molar-refractivity contribution >= 4 is 23.3 Å². The van der Waals surface area contributed by atoms with E-state index in [1.165, 1.54) is 11.2 Å². The van der Waals surface area contributed by atoms with E-state index in [1.54, 1.807) is 42.6 Å². The smallest absolute Gasteiger partial charge is 0.320 e. The number of rotatable bonds is 6. The van der Waals surface area contributed by atoms with Crippen molar-refractivity contribution in [2.24, 2.45) is 0 Å². The first-order valence-corrected chi connectivity index (χ1v) is 8.49. The van der Waals surface area contributed by atoms with Gasteiger partial charge in [0.1, 0.15) is 19.0 Å². The SMILES string of the molecule is CCCn1cnnc1CN(C)C(=O)Nc1ccc(-n2cncn2)c(Cl)c1. The predicted molar refractivity (Wildman–Crippen MR) is 97.2 cm³/mol. The molecule has 0 radical (unpaired) electrons. The van der Waals surface area contributed by atoms with E-state index in [0.717, 1.165) is 18.8 Å². The summed E-state index contributed by atoms with van der Waals surface area (Å²) in [6.45, 7) is 3.25. The van der Waals surface area contributed by atoms with Crippen LogP contribution in [-0.4, -0.2) is 47.5 Å². The molecule has 0 saturated carbocycles. The summed E-state index contributed by atoms with van der Waals surface area (Å²) in [6, 6.07) is 4.93. The normalized spacial score (nSPS) is 10.7. The molecule has 1 N–H and O–H groups in total. The molecule has 1 aromatic carbocycles. The summed E-state index contributed by atoms with van der Waals surface area (Å²) < 4.78 is 3.49. The van der Waals surface area contributed by atoms with Crippen molar-refractivity contribution in [3.8, 4) is 5.69 Å². The molecule has 0 atom stereocenters. The Morgan fingerprint density at radius 1 is 1.35 bits per heavy atom. The van der Waals surface area contributed by atoms with E-state index < -0.39 is 0 Å². The van der Waals surface area contributed by atoms with E-state index >= 15 is 0 Å². The van der Waals surface area contributed by atoms with Gasteiger partial charge in [-0.25, -0.2) is 14.5 Å². The molecule has 2 aromatic heterocycles. The van der Waals surface area contributed by atoms with Crippen molar-refractivity contribution in [2.45, 2.75) is 26.4 Å². The number of nitrogens with one attached hydrogen (secondary N) is 1. The third-order valence-corrected chi connectivity index (χ3v) is 4.05. The second-order valence-corrected chi connectivity index (χ2v) is 6.14. The number of aryl methyl sites for hydroxylation is 1. The second kappa shape index (κ2) is 7.96. The fourth-order valence-corrected chi connectivity index (χ4v) is 2.70. The van der Waals surface area contributed by atoms with Crippen molar-refractivity contribution in [2.75, 3.05) is 12.4 Å². The lowest BCUT2D eigenvalue weighted by Crippen LogP contribution is -2.32. The summed E-state index contributed by atoms with van der Waals surface area (Å²) in [5.41, 5.74) is 1.27. The number of urea groups is 1. The van der Waals surface area contributed by atoms with E-state index in [4.69, 9.17) is 11.6 Å². The summed E-state index contributed by atoms with van der Waals surface area (Å²) in [4.78, 5) is 17.8. The van der Waals surface area contributed by atoms with Gasteiger partial charge in [0.25, 0.3) is 0 Å². The lowest BCUT2D eigenvalue weighted by Gasteiger charge is -2.18. The van der Waals surface area contributed by atoms with Crippen LogP contribution in [0.2, 0.25) is 5.02 Å². The van der Waals surface area contributed by atoms with Gasteiger partial charge in [0.15, 0.2) is 5.82 Å². The molecule has 9 nitrogen and oxygen atoms in total. The zero-order chi connectivity index (χ0) is 18.5. The molecule has 2 heterocycles. The number of benzene rings is 1. The second-order valence-electron chi connectivity index (χ2n) is 5.73. The van der Waals surface area contributed by atoms with Crippen molar-refractivity contribution < 1.29 is 4.79 Å². The highest BCUT2D eigenvalue weighted by atomic mass is 35.5. The van der Waals surface area contributed by atoms with Crippen LogP contribution in [0.5, 0.6) is 0 Å². The molecule has 0 bridgehead atoms. The Labute approximate surface area is 155 Å². The average Bonchev–Trinajstić information content (AvgIpc) is 3.28. The Morgan fingerprint density at radius 2 is 2.19 bits per heavy atom. The zero-order valence-corrected chi connectivity index (χ0v) is 15.3. The molecule has 0 fully saturated rings. The van der Waals surface area contributed by atoms with Gasteiger partial charge in [0, 0.05) is 19.3 Å². The highest BCUT2D eigenvalue weighted by Crippen LogP contribution is 2.23. The van der Waals surface area contributed by atoms with Crippen molar-refractivity contribution in [3.63, 3.8) is 0 Å². The highest BCUT2D eigenvalue weighted by molar-refractivity contribution is 6.32. The predicted octanol–water partition coefficient (Wildman–Crippen LogP) is 2.59. The molecular formula is C16H19ClN8O. The Balaban J connectivity index is 1.65. The Bertz CT molecular complexity index is 876. The first-order valence-electron chi connectivity index (χ1n) is 8.12. The number of nitrogens with zero attached hydrogens (tertiary/aromatic N) is 7. The number of hydrogen-bond donors (Lipinski definition) is 1. The standard InChI is InChI=1S/C16H19ClN8O/c1-3-6-24-11-19-22-15(24)8-23(2)16(26)21-12-4-5-14(13(17)7-12)25-10-18-9-20-25/h4-5,7,9-11H,3,6,8H2,1-2H3,(H,21,26). The minimum atomic E-state index is -0.263. The molecular weight excluding hydrogens is 356 g/mol. The van der Waals surface area contributed by atoms with E-state index in [-0.39, 0.29) is 6.03 Å². The van der Waals surface area contributed by atoms with Crippen LogP contribution in [0.3, 0.4) is 0 Å². The van der Waals surface area contributed by atoms with Gasteiger partial charge in [-0.1, -0.05) is 18.5 Å². The molecule has 0 aliphatic carbocycles. The third-order valence-electron chi connectivity index (χ3n) is 3.75. The molecule has 0 unspecified atom stereocenters. The summed E-state index contributed by atoms with van der Waals surface area (Å²) in [6.07, 6.45) is 5.63. The monoisotopic (exact) mass is 374 g/mol. The Kier molecular flexibility index (Phi) is 5.47. The first-order chi connectivity index (χ1) is 12.6. The summed E-state index contributed by atoms with van der Waals surface area (Å²) in [5, 5.41) is 15.3. The minimum Gasteiger partial charge on any atom is -0.320 e. The lowest BCUT2D eigenvalue weighted by molar-refractivity contribution is 0.219. The van der Waals surface area contributed by atoms with E-state index in [9.17, 15) is 4.79 Å². The molecule has 3 aromatic rings. The summed E-state index contributed by atoms with van der Waals surface area (Å²) in [5.74, 6) is 0.740. The third kappa shape index (κ3) is 3.99. The minimum absolute atomic E-state index is 0.263. The van der Waals surface area contributed by atoms with Gasteiger partial charge >= 0.3 is 6.03 Å². The van der Waals surface area contributed by atoms with Crippen LogP contribution in [0.1, 0.15) is 19.2 Å². The van der Waals surface area contributed by atoms with Gasteiger partial charge in [0.05, 0.1) is 17.3 Å². The van der Waals surface area contributed by atoms with Gasteiger partial charge < -0.3 is 14.8 Å². The van der Waals surface area contributed by atoms with E-state index in [2.05, 4.69) is 32.5 Å². The molecule has 10 heteroatoms. The number of hydrogen-bond acceptors (Lipinski definition) is 5. The zero-order valence-electron chi connectivity index (χ0n) is 14.5. The summed E-state index contributed by atoms with van der Waals surface area (Å²) >= 11 is 6.28. The number of amides is 2. The van der Waals surface area contributed by atoms with Gasteiger partial charge in [-0.2, -0.15) is 5.10 Å². The Hall–Kier alpha value is -2.94. The van der Waals surface area contributed by atoms with E-state index in [0.29, 0.717) is 22.9 Å². The van der Waals surface area contributed by atoms with Gasteiger partial charge in [-0.05, 0) is 24.6 Å². The largest absolute Gasteiger partial charge is 0.321 e. The van der Waals surface area contributed by atoms with Crippen LogP contribution in [0.25, 0.3) is 5.69 Å². The molecule has 0 aliphatic heterocycles. The number of anilines is 1. The van der Waals surface area contributed by atoms with Crippen LogP contribution >= 0.6 is 11.6 Å². The molecule has 26 heavy (non-hydrogen) atoms. The van der Waals surface area contributed by atoms with Gasteiger partial charge in [-0.15, -0.1) is 10.2 Å². The average molecular weight is 375 g/mol. The maximum Gasteiger partial charge on any atom is 0.321 e. The topological polar surface area (TPSA) is 93.8 Å². The molecule has 136 valence electrons. The van der Waals surface area contributed by atoms with Crippen LogP contribution in [0.15, 0.2) is 37.2 Å². The maximum absolute atomic E-state index is 12.4. The number of carbonyl (C=O) groups excluding carboxylic acids is 1. The van der Waals surface area contributed by atoms with Crippen LogP contribution in [0, 0.1) is 0 Å². The summed E-state index contributed by atoms with van der Waals surface area (Å²) in [7, 11) is 1.70. The van der Waals surface area contributed by atoms with Crippen LogP contribution in [-0.2, 0) is 13.1 Å². The maximum atomic E-state index is 12.4. The fraction of sp³-hybridized carbons (Fsp3) is 0.312. The molecule has 3 rings (SSSR count). The first kappa shape index (κ1) is 17.9. The molecule has 2 amide bonds. The molecule has 0 spiro atoms. The molecule has 0 aliphatic rings. The van der Waals surface area contributed by atoms with Crippen molar-refractivity contribution in [1.29, 1.82) is 0 Å². The number of carbonyl (C=O) groups is 1. The quantitative estimate of drug-likeness (QED) is 0.715. The highest BCUT2D eigenvalue weighted by Gasteiger charge is 2.14. The number of halogens is 1. The van der Waals surface area contributed by atoms with Crippen molar-refractivity contribution in [3.05, 3.63) is 48.0 Å². The van der Waals surface area contributed by atoms with Crippen LogP contribution in [0.4, 0.5) is 10.5 Å². The number of aromatic nitrogens is 6.